The molecule has 1 saturated carbocycles. The van der Waals surface area contributed by atoms with Crippen molar-refractivity contribution in [3.05, 3.63) is 29.3 Å². The van der Waals surface area contributed by atoms with Gasteiger partial charge in [-0.1, -0.05) is 18.9 Å². The molecule has 0 bridgehead atoms. The number of hydrogen-bond acceptors (Lipinski definition) is 3. The van der Waals surface area contributed by atoms with E-state index in [0.717, 1.165) is 17.7 Å². The van der Waals surface area contributed by atoms with Crippen molar-refractivity contribution in [3.8, 4) is 6.07 Å². The van der Waals surface area contributed by atoms with Gasteiger partial charge in [0.15, 0.2) is 0 Å². The monoisotopic (exact) mass is 283 g/mol. The number of hydrogen-bond donors (Lipinski definition) is 2. The fourth-order valence-electron chi connectivity index (χ4n) is 3.57. The number of nitrogens with one attached hydrogen (secondary N) is 2. The summed E-state index contributed by atoms with van der Waals surface area (Å²) < 4.78 is 0. The molecule has 21 heavy (non-hydrogen) atoms. The molecule has 4 nitrogen and oxygen atoms in total. The number of amides is 1. The SMILES string of the molecule is Cc1ccc(C#N)cc1NC(=O)C1CC2CCCCC2N1. The molecule has 4 heteroatoms. The van der Waals surface area contributed by atoms with E-state index >= 15 is 0 Å². The van der Waals surface area contributed by atoms with Crippen molar-refractivity contribution in [1.82, 2.24) is 5.32 Å². The van der Waals surface area contributed by atoms with Crippen molar-refractivity contribution in [3.63, 3.8) is 0 Å². The van der Waals surface area contributed by atoms with Crippen LogP contribution in [0.3, 0.4) is 0 Å². The summed E-state index contributed by atoms with van der Waals surface area (Å²) in [5.74, 6) is 0.684. The first-order valence-corrected chi connectivity index (χ1v) is 7.75. The van der Waals surface area contributed by atoms with E-state index in [2.05, 4.69) is 16.7 Å². The minimum Gasteiger partial charge on any atom is -0.324 e. The van der Waals surface area contributed by atoms with E-state index in [1.807, 2.05) is 13.0 Å². The summed E-state index contributed by atoms with van der Waals surface area (Å²) in [6, 6.07) is 7.92. The predicted octanol–water partition coefficient (Wildman–Crippen LogP) is 2.73. The zero-order valence-corrected chi connectivity index (χ0v) is 12.4. The number of benzene rings is 1. The number of rotatable bonds is 2. The Morgan fingerprint density at radius 1 is 1.38 bits per heavy atom. The van der Waals surface area contributed by atoms with Gasteiger partial charge >= 0.3 is 0 Å². The van der Waals surface area contributed by atoms with Gasteiger partial charge in [0.2, 0.25) is 5.91 Å². The summed E-state index contributed by atoms with van der Waals surface area (Å²) in [6.07, 6.45) is 5.93. The molecule has 110 valence electrons. The Labute approximate surface area is 125 Å². The van der Waals surface area contributed by atoms with Crippen LogP contribution in [0.2, 0.25) is 0 Å². The summed E-state index contributed by atoms with van der Waals surface area (Å²) in [5, 5.41) is 15.4. The normalized spacial score (nSPS) is 27.7. The van der Waals surface area contributed by atoms with E-state index in [1.165, 1.54) is 25.7 Å². The van der Waals surface area contributed by atoms with Crippen molar-refractivity contribution in [2.45, 2.75) is 51.1 Å². The second-order valence-electron chi connectivity index (χ2n) is 6.24. The number of nitriles is 1. The van der Waals surface area contributed by atoms with E-state index < -0.39 is 0 Å². The zero-order valence-electron chi connectivity index (χ0n) is 12.4. The molecule has 2 N–H and O–H groups in total. The molecule has 1 aliphatic carbocycles. The summed E-state index contributed by atoms with van der Waals surface area (Å²) >= 11 is 0. The van der Waals surface area contributed by atoms with Gasteiger partial charge in [0, 0.05) is 11.7 Å². The zero-order chi connectivity index (χ0) is 14.8. The molecule has 3 rings (SSSR count). The molecule has 2 aliphatic rings. The highest BCUT2D eigenvalue weighted by molar-refractivity contribution is 5.95. The average molecular weight is 283 g/mol. The Hall–Kier alpha value is -1.86. The Bertz CT molecular complexity index is 576. The van der Waals surface area contributed by atoms with Crippen LogP contribution in [-0.4, -0.2) is 18.0 Å². The van der Waals surface area contributed by atoms with Gasteiger partial charge in [-0.15, -0.1) is 0 Å². The summed E-state index contributed by atoms with van der Waals surface area (Å²) in [5.41, 5.74) is 2.30. The smallest absolute Gasteiger partial charge is 0.241 e. The average Bonchev–Trinajstić information content (AvgIpc) is 2.93. The van der Waals surface area contributed by atoms with Crippen LogP contribution in [-0.2, 0) is 4.79 Å². The maximum Gasteiger partial charge on any atom is 0.241 e. The highest BCUT2D eigenvalue weighted by Crippen LogP contribution is 2.33. The third-order valence-corrected chi connectivity index (χ3v) is 4.80. The molecule has 1 aromatic rings. The summed E-state index contributed by atoms with van der Waals surface area (Å²) in [6.45, 7) is 1.94. The van der Waals surface area contributed by atoms with Crippen molar-refractivity contribution in [1.29, 1.82) is 5.26 Å². The van der Waals surface area contributed by atoms with Crippen LogP contribution in [0.15, 0.2) is 18.2 Å². The standard InChI is InChI=1S/C17H21N3O/c1-11-6-7-12(10-18)8-15(11)20-17(21)16-9-13-4-2-3-5-14(13)19-16/h6-8,13-14,16,19H,2-5,9H2,1H3,(H,20,21). The fraction of sp³-hybridized carbons (Fsp3) is 0.529. The second-order valence-corrected chi connectivity index (χ2v) is 6.24. The van der Waals surface area contributed by atoms with Gasteiger partial charge in [-0.25, -0.2) is 0 Å². The van der Waals surface area contributed by atoms with Gasteiger partial charge < -0.3 is 10.6 Å². The Morgan fingerprint density at radius 2 is 2.19 bits per heavy atom. The molecule has 1 aliphatic heterocycles. The molecule has 1 amide bonds. The van der Waals surface area contributed by atoms with Gasteiger partial charge in [-0.2, -0.15) is 5.26 Å². The first-order valence-electron chi connectivity index (χ1n) is 7.75. The van der Waals surface area contributed by atoms with Crippen LogP contribution in [0.1, 0.15) is 43.2 Å². The first kappa shape index (κ1) is 14.1. The minimum absolute atomic E-state index is 0.0302. The van der Waals surface area contributed by atoms with E-state index in [4.69, 9.17) is 5.26 Å². The lowest BCUT2D eigenvalue weighted by Crippen LogP contribution is -2.40. The van der Waals surface area contributed by atoms with Crippen molar-refractivity contribution >= 4 is 11.6 Å². The van der Waals surface area contributed by atoms with Gasteiger partial charge in [0.1, 0.15) is 0 Å². The van der Waals surface area contributed by atoms with Crippen molar-refractivity contribution in [2.75, 3.05) is 5.32 Å². The van der Waals surface area contributed by atoms with Gasteiger partial charge in [0.25, 0.3) is 0 Å². The molecule has 0 radical (unpaired) electrons. The first-order chi connectivity index (χ1) is 10.2. The lowest BCUT2D eigenvalue weighted by atomic mass is 9.85. The number of carbonyl (C=O) groups excluding carboxylic acids is 1. The van der Waals surface area contributed by atoms with Crippen LogP contribution in [0.5, 0.6) is 0 Å². The number of fused-ring (bicyclic) bond motifs is 1. The molecule has 1 heterocycles. The van der Waals surface area contributed by atoms with Gasteiger partial charge in [-0.05, 0) is 49.8 Å². The van der Waals surface area contributed by atoms with Crippen LogP contribution in [0.25, 0.3) is 0 Å². The molecular formula is C17H21N3O. The highest BCUT2D eigenvalue weighted by atomic mass is 16.2. The van der Waals surface area contributed by atoms with E-state index in [0.29, 0.717) is 17.5 Å². The molecule has 2 fully saturated rings. The maximum atomic E-state index is 12.5. The highest BCUT2D eigenvalue weighted by Gasteiger charge is 2.38. The summed E-state index contributed by atoms with van der Waals surface area (Å²) in [7, 11) is 0. The summed E-state index contributed by atoms with van der Waals surface area (Å²) in [4.78, 5) is 12.5. The van der Waals surface area contributed by atoms with Crippen molar-refractivity contribution in [2.24, 2.45) is 5.92 Å². The van der Waals surface area contributed by atoms with Crippen molar-refractivity contribution < 1.29 is 4.79 Å². The molecule has 3 unspecified atom stereocenters. The third kappa shape index (κ3) is 2.93. The molecule has 3 atom stereocenters. The quantitative estimate of drug-likeness (QED) is 0.877. The predicted molar refractivity (Wildman–Crippen MR) is 81.8 cm³/mol. The number of nitrogens with zero attached hydrogens (tertiary/aromatic N) is 1. The van der Waals surface area contributed by atoms with Crippen LogP contribution < -0.4 is 10.6 Å². The number of carbonyl (C=O) groups is 1. The Balaban J connectivity index is 1.68. The Morgan fingerprint density at radius 3 is 2.95 bits per heavy atom. The topological polar surface area (TPSA) is 64.9 Å². The number of anilines is 1. The second kappa shape index (κ2) is 5.87. The van der Waals surface area contributed by atoms with Crippen LogP contribution in [0.4, 0.5) is 5.69 Å². The lowest BCUT2D eigenvalue weighted by Gasteiger charge is -2.24. The van der Waals surface area contributed by atoms with Crippen LogP contribution >= 0.6 is 0 Å². The van der Waals surface area contributed by atoms with Gasteiger partial charge in [0.05, 0.1) is 17.7 Å². The fourth-order valence-corrected chi connectivity index (χ4v) is 3.57. The van der Waals surface area contributed by atoms with Gasteiger partial charge in [-0.3, -0.25) is 4.79 Å². The maximum absolute atomic E-state index is 12.5. The molecule has 0 aromatic heterocycles. The molecular weight excluding hydrogens is 262 g/mol. The molecule has 1 aromatic carbocycles. The lowest BCUT2D eigenvalue weighted by molar-refractivity contribution is -0.117. The third-order valence-electron chi connectivity index (χ3n) is 4.80. The Kier molecular flexibility index (Phi) is 3.94. The number of aryl methyl sites for hydroxylation is 1. The minimum atomic E-state index is -0.0942. The molecule has 1 saturated heterocycles. The van der Waals surface area contributed by atoms with E-state index in [-0.39, 0.29) is 11.9 Å². The van der Waals surface area contributed by atoms with E-state index in [1.54, 1.807) is 12.1 Å². The van der Waals surface area contributed by atoms with Crippen LogP contribution in [0, 0.1) is 24.2 Å². The molecule has 0 spiro atoms. The largest absolute Gasteiger partial charge is 0.324 e. The van der Waals surface area contributed by atoms with E-state index in [9.17, 15) is 4.79 Å².